The molecule has 1 amide bonds. The minimum absolute atomic E-state index is 0.00586. The van der Waals surface area contributed by atoms with Crippen LogP contribution in [0.3, 0.4) is 0 Å². The lowest BCUT2D eigenvalue weighted by Crippen LogP contribution is -2.63. The molecule has 2 aromatic carbocycles. The number of nitrogens with one attached hydrogen (secondary N) is 1. The first-order valence-electron chi connectivity index (χ1n) is 12.4. The maximum Gasteiger partial charge on any atom is 0.362 e. The molecule has 1 aliphatic rings. The second kappa shape index (κ2) is 12.0. The number of carbonyl (C=O) groups is 2. The van der Waals surface area contributed by atoms with Crippen LogP contribution >= 0.6 is 0 Å². The van der Waals surface area contributed by atoms with Gasteiger partial charge in [-0.3, -0.25) is 4.79 Å². The Hall–Kier alpha value is -2.66. The summed E-state index contributed by atoms with van der Waals surface area (Å²) in [5, 5.41) is 3.21. The van der Waals surface area contributed by atoms with Gasteiger partial charge >= 0.3 is 5.97 Å². The third kappa shape index (κ3) is 6.67. The third-order valence-electron chi connectivity index (χ3n) is 6.97. The van der Waals surface area contributed by atoms with Gasteiger partial charge in [0.2, 0.25) is 0 Å². The summed E-state index contributed by atoms with van der Waals surface area (Å²) in [7, 11) is 0. The molecule has 0 saturated carbocycles. The summed E-state index contributed by atoms with van der Waals surface area (Å²) in [4.78, 5) is 26.7. The third-order valence-corrected chi connectivity index (χ3v) is 6.97. The maximum absolute atomic E-state index is 13.6. The second-order valence-corrected chi connectivity index (χ2v) is 9.42. The van der Waals surface area contributed by atoms with Gasteiger partial charge in [-0.2, -0.15) is 0 Å². The lowest BCUT2D eigenvalue weighted by atomic mass is 10.00. The van der Waals surface area contributed by atoms with Gasteiger partial charge in [-0.25, -0.2) is 4.79 Å². The molecular weight excluding hydrogens is 412 g/mol. The van der Waals surface area contributed by atoms with Crippen molar-refractivity contribution in [1.29, 1.82) is 0 Å². The maximum atomic E-state index is 13.6. The first-order chi connectivity index (χ1) is 15.9. The van der Waals surface area contributed by atoms with Crippen LogP contribution in [0.15, 0.2) is 48.5 Å². The van der Waals surface area contributed by atoms with Crippen molar-refractivity contribution in [1.82, 2.24) is 0 Å². The van der Waals surface area contributed by atoms with Gasteiger partial charge in [0.1, 0.15) is 6.61 Å². The topological polar surface area (TPSA) is 55.4 Å². The Morgan fingerprint density at radius 3 is 2.12 bits per heavy atom. The molecule has 2 aromatic rings. The lowest BCUT2D eigenvalue weighted by molar-refractivity contribution is -0.937. The van der Waals surface area contributed by atoms with Crippen molar-refractivity contribution in [3.63, 3.8) is 0 Å². The standard InChI is InChI=1S/C28H38N2O3/c1-4-25(28(32)29-27-22(2)14-13-15-23(27)3)30(18-11-6-5-7-12-19-30)20-26(31)33-21-24-16-9-8-10-17-24/h8-10,13-17,25H,4-7,11-12,18-21H2,1-3H3/p+1. The van der Waals surface area contributed by atoms with E-state index >= 15 is 0 Å². The average Bonchev–Trinajstić information content (AvgIpc) is 2.78. The van der Waals surface area contributed by atoms with Crippen LogP contribution in [0.2, 0.25) is 0 Å². The lowest BCUT2D eigenvalue weighted by Gasteiger charge is -2.44. The van der Waals surface area contributed by atoms with Crippen molar-refractivity contribution in [2.75, 3.05) is 25.0 Å². The van der Waals surface area contributed by atoms with Crippen molar-refractivity contribution in [3.8, 4) is 0 Å². The highest BCUT2D eigenvalue weighted by Crippen LogP contribution is 2.27. The van der Waals surface area contributed by atoms with Crippen LogP contribution in [0.4, 0.5) is 5.69 Å². The van der Waals surface area contributed by atoms with E-state index in [4.69, 9.17) is 4.74 Å². The second-order valence-electron chi connectivity index (χ2n) is 9.42. The number of esters is 1. The van der Waals surface area contributed by atoms with E-state index in [1.54, 1.807) is 0 Å². The minimum atomic E-state index is -0.286. The number of hydrogen-bond donors (Lipinski definition) is 1. The van der Waals surface area contributed by atoms with Crippen molar-refractivity contribution in [3.05, 3.63) is 65.2 Å². The number of aryl methyl sites for hydroxylation is 2. The fraction of sp³-hybridized carbons (Fsp3) is 0.500. The summed E-state index contributed by atoms with van der Waals surface area (Å²) in [5.74, 6) is -0.218. The Bertz CT molecular complexity index is 898. The molecule has 0 bridgehead atoms. The van der Waals surface area contributed by atoms with Gasteiger partial charge < -0.3 is 14.5 Å². The Labute approximate surface area is 198 Å². The SMILES string of the molecule is CCC(C(=O)Nc1c(C)cccc1C)[N+]1(CC(=O)OCc2ccccc2)CCCCCCC1. The van der Waals surface area contributed by atoms with Crippen LogP contribution in [0.1, 0.15) is 62.1 Å². The molecule has 1 saturated heterocycles. The molecule has 0 radical (unpaired) electrons. The van der Waals surface area contributed by atoms with Crippen molar-refractivity contribution < 1.29 is 18.8 Å². The van der Waals surface area contributed by atoms with Crippen LogP contribution in [0, 0.1) is 13.8 Å². The summed E-state index contributed by atoms with van der Waals surface area (Å²) in [6.45, 7) is 8.27. The highest BCUT2D eigenvalue weighted by molar-refractivity contribution is 5.95. The number of anilines is 1. The Morgan fingerprint density at radius 1 is 0.909 bits per heavy atom. The Morgan fingerprint density at radius 2 is 1.52 bits per heavy atom. The van der Waals surface area contributed by atoms with Gasteiger partial charge in [0.15, 0.2) is 12.6 Å². The molecule has 1 fully saturated rings. The molecule has 1 N–H and O–H groups in total. The van der Waals surface area contributed by atoms with Crippen LogP contribution in [-0.2, 0) is 20.9 Å². The van der Waals surface area contributed by atoms with Crippen LogP contribution < -0.4 is 5.32 Å². The molecular formula is C28H39N2O3+. The number of amides is 1. The number of hydrogen-bond acceptors (Lipinski definition) is 3. The molecule has 1 heterocycles. The Balaban J connectivity index is 1.80. The van der Waals surface area contributed by atoms with Gasteiger partial charge in [0.25, 0.3) is 5.91 Å². The zero-order valence-corrected chi connectivity index (χ0v) is 20.4. The van der Waals surface area contributed by atoms with E-state index in [-0.39, 0.29) is 31.1 Å². The van der Waals surface area contributed by atoms with Crippen LogP contribution in [-0.4, -0.2) is 42.0 Å². The van der Waals surface area contributed by atoms with Gasteiger partial charge in [-0.1, -0.05) is 61.9 Å². The molecule has 1 aliphatic heterocycles. The van der Waals surface area contributed by atoms with Crippen LogP contribution in [0.5, 0.6) is 0 Å². The number of ether oxygens (including phenoxy) is 1. The van der Waals surface area contributed by atoms with E-state index in [2.05, 4.69) is 12.2 Å². The average molecular weight is 452 g/mol. The van der Waals surface area contributed by atoms with Crippen molar-refractivity contribution >= 4 is 17.6 Å². The summed E-state index contributed by atoms with van der Waals surface area (Å²) < 4.78 is 6.16. The highest BCUT2D eigenvalue weighted by atomic mass is 16.5. The van der Waals surface area contributed by atoms with Crippen LogP contribution in [0.25, 0.3) is 0 Å². The summed E-state index contributed by atoms with van der Waals surface area (Å²) in [6, 6.07) is 15.5. The van der Waals surface area contributed by atoms with E-state index in [0.29, 0.717) is 10.9 Å². The molecule has 1 unspecified atom stereocenters. The van der Waals surface area contributed by atoms with Gasteiger partial charge in [-0.15, -0.1) is 0 Å². The van der Waals surface area contributed by atoms with Gasteiger partial charge in [-0.05, 0) is 56.2 Å². The monoisotopic (exact) mass is 451 g/mol. The highest BCUT2D eigenvalue weighted by Gasteiger charge is 2.43. The Kier molecular flexibility index (Phi) is 9.07. The predicted molar refractivity (Wildman–Crippen MR) is 133 cm³/mol. The molecule has 33 heavy (non-hydrogen) atoms. The van der Waals surface area contributed by atoms with Crippen molar-refractivity contribution in [2.45, 2.75) is 71.9 Å². The number of para-hydroxylation sites is 1. The van der Waals surface area contributed by atoms with E-state index < -0.39 is 0 Å². The zero-order valence-electron chi connectivity index (χ0n) is 20.4. The minimum Gasteiger partial charge on any atom is -0.457 e. The number of likely N-dealkylation sites (tertiary alicyclic amines) is 1. The molecule has 5 nitrogen and oxygen atoms in total. The molecule has 0 spiro atoms. The molecule has 0 aromatic heterocycles. The number of nitrogens with zero attached hydrogens (tertiary/aromatic N) is 1. The number of benzene rings is 2. The smallest absolute Gasteiger partial charge is 0.362 e. The van der Waals surface area contributed by atoms with E-state index in [9.17, 15) is 9.59 Å². The molecule has 178 valence electrons. The molecule has 0 aliphatic carbocycles. The predicted octanol–water partition coefficient (Wildman–Crippen LogP) is 5.54. The van der Waals surface area contributed by atoms with Gasteiger partial charge in [0.05, 0.1) is 13.1 Å². The fourth-order valence-corrected chi connectivity index (χ4v) is 5.16. The van der Waals surface area contributed by atoms with E-state index in [1.165, 1.54) is 6.42 Å². The number of carbonyl (C=O) groups excluding carboxylic acids is 2. The summed E-state index contributed by atoms with van der Waals surface area (Å²) in [5.41, 5.74) is 3.97. The quantitative estimate of drug-likeness (QED) is 0.423. The first kappa shape index (κ1) is 25.0. The summed E-state index contributed by atoms with van der Waals surface area (Å²) in [6.07, 6.45) is 6.26. The summed E-state index contributed by atoms with van der Waals surface area (Å²) >= 11 is 0. The first-order valence-corrected chi connectivity index (χ1v) is 12.4. The van der Waals surface area contributed by atoms with Crippen molar-refractivity contribution in [2.24, 2.45) is 0 Å². The molecule has 5 heteroatoms. The fourth-order valence-electron chi connectivity index (χ4n) is 5.16. The molecule has 1 atom stereocenters. The molecule has 3 rings (SSSR count). The largest absolute Gasteiger partial charge is 0.457 e. The van der Waals surface area contributed by atoms with E-state index in [0.717, 1.165) is 61.2 Å². The normalized spacial score (nSPS) is 16.8. The van der Waals surface area contributed by atoms with Gasteiger partial charge in [0, 0.05) is 12.1 Å². The number of quaternary nitrogens is 1. The number of rotatable bonds is 8. The zero-order chi connectivity index (χ0) is 23.7. The van der Waals surface area contributed by atoms with E-state index in [1.807, 2.05) is 62.4 Å².